The molecule has 4 aliphatic rings. The highest BCUT2D eigenvalue weighted by Gasteiger charge is 2.61. The number of amides is 3. The fourth-order valence-electron chi connectivity index (χ4n) is 4.20. The lowest BCUT2D eigenvalue weighted by Gasteiger charge is -2.44. The summed E-state index contributed by atoms with van der Waals surface area (Å²) in [7, 11) is 1.71. The van der Waals surface area contributed by atoms with Crippen LogP contribution in [0.1, 0.15) is 11.1 Å². The second-order valence-electron chi connectivity index (χ2n) is 6.70. The summed E-state index contributed by atoms with van der Waals surface area (Å²) >= 11 is 0. The molecule has 3 aliphatic heterocycles. The number of aryl methyl sites for hydroxylation is 2. The van der Waals surface area contributed by atoms with E-state index in [4.69, 9.17) is 0 Å². The number of benzene rings is 1. The topological polar surface area (TPSA) is 57.7 Å². The molecule has 2 bridgehead atoms. The van der Waals surface area contributed by atoms with Crippen LogP contribution >= 0.6 is 0 Å². The van der Waals surface area contributed by atoms with Gasteiger partial charge < -0.3 is 4.90 Å². The number of hydrogen-bond acceptors (Lipinski definition) is 3. The van der Waals surface area contributed by atoms with Gasteiger partial charge in [0.05, 0.1) is 29.5 Å². The van der Waals surface area contributed by atoms with Gasteiger partial charge in [0, 0.05) is 7.05 Å². The maximum Gasteiger partial charge on any atom is 0.240 e. The number of carbonyl (C=O) groups excluding carboxylic acids is 3. The van der Waals surface area contributed by atoms with Crippen LogP contribution in [0, 0.1) is 31.6 Å². The van der Waals surface area contributed by atoms with E-state index in [1.807, 2.05) is 38.1 Å². The molecule has 0 radical (unpaired) electrons. The molecule has 1 aromatic rings. The van der Waals surface area contributed by atoms with Crippen LogP contribution in [0.4, 0.5) is 5.69 Å². The molecule has 1 aromatic carbocycles. The normalized spacial score (nSPS) is 32.0. The van der Waals surface area contributed by atoms with Crippen LogP contribution in [0.15, 0.2) is 30.4 Å². The molecule has 2 fully saturated rings. The Hall–Kier alpha value is -2.43. The van der Waals surface area contributed by atoms with Gasteiger partial charge in [0.25, 0.3) is 0 Å². The van der Waals surface area contributed by atoms with Crippen molar-refractivity contribution in [3.05, 3.63) is 41.5 Å². The third kappa shape index (κ3) is 1.70. The van der Waals surface area contributed by atoms with Gasteiger partial charge in [-0.05, 0) is 25.5 Å². The van der Waals surface area contributed by atoms with Crippen LogP contribution in [0.2, 0.25) is 0 Å². The molecule has 0 unspecified atom stereocenters. The van der Waals surface area contributed by atoms with E-state index < -0.39 is 17.8 Å². The molecule has 118 valence electrons. The van der Waals surface area contributed by atoms with Crippen LogP contribution in [0.5, 0.6) is 0 Å². The number of imide groups is 1. The monoisotopic (exact) mass is 310 g/mol. The molecule has 5 rings (SSSR count). The van der Waals surface area contributed by atoms with E-state index in [-0.39, 0.29) is 23.8 Å². The van der Waals surface area contributed by atoms with Crippen molar-refractivity contribution in [1.29, 1.82) is 0 Å². The van der Waals surface area contributed by atoms with Crippen molar-refractivity contribution in [2.45, 2.75) is 19.9 Å². The first-order chi connectivity index (χ1) is 10.9. The van der Waals surface area contributed by atoms with Crippen LogP contribution in [-0.2, 0) is 14.4 Å². The zero-order valence-electron chi connectivity index (χ0n) is 13.3. The Morgan fingerprint density at radius 3 is 2.30 bits per heavy atom. The molecule has 3 heterocycles. The summed E-state index contributed by atoms with van der Waals surface area (Å²) in [5.41, 5.74) is 2.61. The average Bonchev–Trinajstić information content (AvgIpc) is 2.77. The maximum atomic E-state index is 13.0. The molecule has 0 N–H and O–H groups in total. The highest BCUT2D eigenvalue weighted by molar-refractivity contribution is 6.24. The van der Waals surface area contributed by atoms with Crippen molar-refractivity contribution in [3.8, 4) is 0 Å². The van der Waals surface area contributed by atoms with Gasteiger partial charge in [-0.2, -0.15) is 0 Å². The lowest BCUT2D eigenvalue weighted by Crippen LogP contribution is -2.57. The maximum absolute atomic E-state index is 13.0. The molecule has 4 atom stereocenters. The molecule has 23 heavy (non-hydrogen) atoms. The van der Waals surface area contributed by atoms with Gasteiger partial charge in [-0.15, -0.1) is 0 Å². The molecule has 0 aromatic heterocycles. The third-order valence-electron chi connectivity index (χ3n) is 5.34. The summed E-state index contributed by atoms with van der Waals surface area (Å²) in [6.07, 6.45) is 3.69. The number of likely N-dealkylation sites (N-methyl/N-ethyl adjacent to an activating group) is 1. The minimum absolute atomic E-state index is 0.0672. The van der Waals surface area contributed by atoms with E-state index in [9.17, 15) is 14.4 Å². The van der Waals surface area contributed by atoms with Crippen molar-refractivity contribution in [1.82, 2.24) is 4.90 Å². The number of nitrogens with zero attached hydrogens (tertiary/aromatic N) is 2. The first-order valence-electron chi connectivity index (χ1n) is 7.82. The van der Waals surface area contributed by atoms with E-state index in [2.05, 4.69) is 0 Å². The van der Waals surface area contributed by atoms with Gasteiger partial charge in [-0.25, -0.2) is 4.90 Å². The Labute approximate surface area is 134 Å². The van der Waals surface area contributed by atoms with Crippen LogP contribution < -0.4 is 4.90 Å². The lowest BCUT2D eigenvalue weighted by molar-refractivity contribution is -0.148. The van der Waals surface area contributed by atoms with Crippen molar-refractivity contribution < 1.29 is 14.4 Å². The molecule has 0 spiro atoms. The lowest BCUT2D eigenvalue weighted by atomic mass is 9.70. The van der Waals surface area contributed by atoms with Crippen LogP contribution in [0.3, 0.4) is 0 Å². The standard InChI is InChI=1S/C18H18N2O3/c1-9-4-6-12(10(2)8-9)20-17(22)14-11-5-7-13(15(14)18(20)23)19(3)16(11)21/h4-8,11,13-15H,1-3H3/t11-,13+,14+,15-/m1/s1. The highest BCUT2D eigenvalue weighted by Crippen LogP contribution is 2.46. The molecule has 2 saturated heterocycles. The van der Waals surface area contributed by atoms with E-state index in [1.165, 1.54) is 4.90 Å². The van der Waals surface area contributed by atoms with Gasteiger partial charge in [0.2, 0.25) is 17.7 Å². The van der Waals surface area contributed by atoms with E-state index in [0.717, 1.165) is 11.1 Å². The predicted molar refractivity (Wildman–Crippen MR) is 84.6 cm³/mol. The smallest absolute Gasteiger partial charge is 0.240 e. The molecule has 5 nitrogen and oxygen atoms in total. The third-order valence-corrected chi connectivity index (χ3v) is 5.34. The summed E-state index contributed by atoms with van der Waals surface area (Å²) in [5, 5.41) is 0. The number of rotatable bonds is 1. The zero-order chi connectivity index (χ0) is 16.5. The number of carbonyl (C=O) groups is 3. The second kappa shape index (κ2) is 4.54. The SMILES string of the molecule is Cc1ccc(N2C(=O)[C@@H]3[C@H](C2=O)[C@@H]2C=C[C@H]3C(=O)N2C)c(C)c1. The molecule has 1 aliphatic carbocycles. The Morgan fingerprint density at radius 2 is 1.61 bits per heavy atom. The fraction of sp³-hybridized carbons (Fsp3) is 0.389. The van der Waals surface area contributed by atoms with Crippen LogP contribution in [0.25, 0.3) is 0 Å². The Bertz CT molecular complexity index is 782. The number of piperidine rings is 1. The Balaban J connectivity index is 1.81. The van der Waals surface area contributed by atoms with Crippen molar-refractivity contribution in [2.24, 2.45) is 17.8 Å². The Morgan fingerprint density at radius 1 is 0.913 bits per heavy atom. The molecular weight excluding hydrogens is 292 g/mol. The molecular formula is C18H18N2O3. The number of anilines is 1. The van der Waals surface area contributed by atoms with E-state index in [0.29, 0.717) is 5.69 Å². The van der Waals surface area contributed by atoms with Gasteiger partial charge in [0.1, 0.15) is 0 Å². The van der Waals surface area contributed by atoms with Gasteiger partial charge >= 0.3 is 0 Å². The minimum atomic E-state index is -0.554. The quantitative estimate of drug-likeness (QED) is 0.582. The van der Waals surface area contributed by atoms with Crippen molar-refractivity contribution in [2.75, 3.05) is 11.9 Å². The molecule has 3 amide bonds. The summed E-state index contributed by atoms with van der Waals surface area (Å²) in [4.78, 5) is 41.1. The summed E-state index contributed by atoms with van der Waals surface area (Å²) in [5.74, 6) is -2.02. The van der Waals surface area contributed by atoms with Gasteiger partial charge in [-0.3, -0.25) is 14.4 Å². The van der Waals surface area contributed by atoms with Crippen molar-refractivity contribution >= 4 is 23.4 Å². The average molecular weight is 310 g/mol. The number of fused-ring (bicyclic) bond motifs is 1. The summed E-state index contributed by atoms with van der Waals surface area (Å²) in [6, 6.07) is 5.36. The number of hydrogen-bond donors (Lipinski definition) is 0. The predicted octanol–water partition coefficient (Wildman–Crippen LogP) is 1.44. The van der Waals surface area contributed by atoms with Gasteiger partial charge in [0.15, 0.2) is 0 Å². The largest absolute Gasteiger partial charge is 0.338 e. The molecule has 5 heteroatoms. The fourth-order valence-corrected chi connectivity index (χ4v) is 4.20. The molecule has 0 saturated carbocycles. The highest BCUT2D eigenvalue weighted by atomic mass is 16.2. The summed E-state index contributed by atoms with van der Waals surface area (Å²) < 4.78 is 0. The first kappa shape index (κ1) is 14.2. The Kier molecular flexibility index (Phi) is 2.80. The van der Waals surface area contributed by atoms with E-state index in [1.54, 1.807) is 18.0 Å². The van der Waals surface area contributed by atoms with E-state index >= 15 is 0 Å². The minimum Gasteiger partial charge on any atom is -0.338 e. The van der Waals surface area contributed by atoms with Crippen molar-refractivity contribution in [3.63, 3.8) is 0 Å². The van der Waals surface area contributed by atoms with Gasteiger partial charge in [-0.1, -0.05) is 29.8 Å². The van der Waals surface area contributed by atoms with Crippen LogP contribution in [-0.4, -0.2) is 35.7 Å². The second-order valence-corrected chi connectivity index (χ2v) is 6.70. The zero-order valence-corrected chi connectivity index (χ0v) is 13.3. The summed E-state index contributed by atoms with van der Waals surface area (Å²) in [6.45, 7) is 3.87. The first-order valence-corrected chi connectivity index (χ1v) is 7.82.